The van der Waals surface area contributed by atoms with E-state index in [1.165, 1.54) is 16.7 Å². The zero-order chi connectivity index (χ0) is 12.8. The summed E-state index contributed by atoms with van der Waals surface area (Å²) in [5.74, 6) is 0. The molecule has 2 aromatic rings. The summed E-state index contributed by atoms with van der Waals surface area (Å²) in [6.07, 6.45) is 1.06. The third kappa shape index (κ3) is 2.90. The maximum absolute atomic E-state index is 8.27. The molecule has 2 rings (SSSR count). The summed E-state index contributed by atoms with van der Waals surface area (Å²) in [6, 6.07) is 16.7. The highest BCUT2D eigenvalue weighted by Gasteiger charge is 1.98. The molecule has 0 aromatic heterocycles. The first-order valence-corrected chi connectivity index (χ1v) is 6.02. The smallest absolute Gasteiger partial charge is 0.0510 e. The summed E-state index contributed by atoms with van der Waals surface area (Å²) in [5, 5.41) is 3.55. The molecule has 0 aliphatic carbocycles. The van der Waals surface area contributed by atoms with E-state index in [0.717, 1.165) is 12.0 Å². The van der Waals surface area contributed by atoms with Gasteiger partial charge < -0.3 is 0 Å². The number of hydrogen-bond acceptors (Lipinski definition) is 1. The van der Waals surface area contributed by atoms with E-state index < -0.39 is 0 Å². The van der Waals surface area contributed by atoms with Crippen molar-refractivity contribution in [3.63, 3.8) is 0 Å². The number of hydrogen-bond donors (Lipinski definition) is 0. The van der Waals surface area contributed by atoms with Gasteiger partial charge in [-0.2, -0.15) is 0 Å². The summed E-state index contributed by atoms with van der Waals surface area (Å²) >= 11 is 0. The Morgan fingerprint density at radius 2 is 1.39 bits per heavy atom. The lowest BCUT2D eigenvalue weighted by molar-refractivity contribution is 1.05. The van der Waals surface area contributed by atoms with E-state index in [9.17, 15) is 0 Å². The van der Waals surface area contributed by atoms with Gasteiger partial charge in [-0.25, -0.2) is 0 Å². The quantitative estimate of drug-likeness (QED) is 0.419. The molecule has 0 bridgehead atoms. The lowest BCUT2D eigenvalue weighted by atomic mass is 10.0. The Balaban J connectivity index is 2.19. The molecule has 0 amide bonds. The van der Waals surface area contributed by atoms with Crippen molar-refractivity contribution >= 4 is 0 Å². The minimum atomic E-state index is 0.408. The largest absolute Gasteiger partial charge is 0.0893 e. The molecule has 18 heavy (non-hydrogen) atoms. The van der Waals surface area contributed by atoms with Gasteiger partial charge in [0.15, 0.2) is 0 Å². The van der Waals surface area contributed by atoms with E-state index >= 15 is 0 Å². The molecular weight excluding hydrogens is 222 g/mol. The molecule has 0 heterocycles. The lowest BCUT2D eigenvalue weighted by Crippen LogP contribution is -1.83. The summed E-state index contributed by atoms with van der Waals surface area (Å²) in [7, 11) is 0. The second kappa shape index (κ2) is 5.89. The molecule has 0 aliphatic heterocycles. The van der Waals surface area contributed by atoms with Gasteiger partial charge in [0.2, 0.25) is 0 Å². The Morgan fingerprint density at radius 1 is 0.889 bits per heavy atom. The molecule has 0 saturated heterocycles. The van der Waals surface area contributed by atoms with Gasteiger partial charge in [-0.1, -0.05) is 60.6 Å². The van der Waals surface area contributed by atoms with Gasteiger partial charge in [-0.3, -0.25) is 0 Å². The minimum Gasteiger partial charge on any atom is -0.0893 e. The standard InChI is InChI=1S/C15H15N3/c1-2-12-3-7-14(8-4-12)15-9-5-13(6-10-15)11-17-18-16/h3-10H,2,11H2,1H3. The van der Waals surface area contributed by atoms with Crippen LogP contribution in [0.4, 0.5) is 0 Å². The van der Waals surface area contributed by atoms with Crippen LogP contribution in [-0.4, -0.2) is 0 Å². The number of azide groups is 1. The zero-order valence-electron chi connectivity index (χ0n) is 10.4. The molecule has 90 valence electrons. The Morgan fingerprint density at radius 3 is 1.83 bits per heavy atom. The van der Waals surface area contributed by atoms with Crippen molar-refractivity contribution in [3.05, 3.63) is 70.1 Å². The van der Waals surface area contributed by atoms with Crippen molar-refractivity contribution in [2.75, 3.05) is 0 Å². The highest BCUT2D eigenvalue weighted by atomic mass is 15.1. The summed E-state index contributed by atoms with van der Waals surface area (Å²) < 4.78 is 0. The van der Waals surface area contributed by atoms with E-state index in [4.69, 9.17) is 5.53 Å². The van der Waals surface area contributed by atoms with Crippen LogP contribution >= 0.6 is 0 Å². The van der Waals surface area contributed by atoms with Crippen molar-refractivity contribution in [3.8, 4) is 11.1 Å². The van der Waals surface area contributed by atoms with E-state index in [0.29, 0.717) is 6.54 Å². The molecule has 0 radical (unpaired) electrons. The van der Waals surface area contributed by atoms with Gasteiger partial charge in [-0.15, -0.1) is 0 Å². The second-order valence-corrected chi connectivity index (χ2v) is 4.14. The maximum Gasteiger partial charge on any atom is 0.0510 e. The predicted molar refractivity (Wildman–Crippen MR) is 74.1 cm³/mol. The van der Waals surface area contributed by atoms with Crippen LogP contribution in [0.3, 0.4) is 0 Å². The monoisotopic (exact) mass is 237 g/mol. The Labute approximate surface area is 107 Å². The average Bonchev–Trinajstić information content (AvgIpc) is 2.46. The van der Waals surface area contributed by atoms with E-state index in [1.807, 2.05) is 12.1 Å². The van der Waals surface area contributed by atoms with Crippen molar-refractivity contribution in [1.82, 2.24) is 0 Å². The number of aryl methyl sites for hydroxylation is 1. The fourth-order valence-corrected chi connectivity index (χ4v) is 1.85. The molecular formula is C15H15N3. The van der Waals surface area contributed by atoms with E-state index in [2.05, 4.69) is 53.3 Å². The molecule has 2 aromatic carbocycles. The predicted octanol–water partition coefficient (Wildman–Crippen LogP) is 4.73. The van der Waals surface area contributed by atoms with Gasteiger partial charge in [0.05, 0.1) is 6.54 Å². The maximum atomic E-state index is 8.27. The van der Waals surface area contributed by atoms with Crippen LogP contribution < -0.4 is 0 Å². The van der Waals surface area contributed by atoms with Crippen molar-refractivity contribution < 1.29 is 0 Å². The molecule has 3 nitrogen and oxygen atoms in total. The Kier molecular flexibility index (Phi) is 4.00. The third-order valence-electron chi connectivity index (χ3n) is 2.97. The number of benzene rings is 2. The van der Waals surface area contributed by atoms with Crippen LogP contribution in [-0.2, 0) is 13.0 Å². The van der Waals surface area contributed by atoms with E-state index in [-0.39, 0.29) is 0 Å². The highest BCUT2D eigenvalue weighted by molar-refractivity contribution is 5.63. The Hall–Kier alpha value is -2.25. The summed E-state index contributed by atoms with van der Waals surface area (Å²) in [5.41, 5.74) is 13.0. The lowest BCUT2D eigenvalue weighted by Gasteiger charge is -2.04. The topological polar surface area (TPSA) is 48.8 Å². The summed E-state index contributed by atoms with van der Waals surface area (Å²) in [6.45, 7) is 2.56. The molecule has 3 heteroatoms. The van der Waals surface area contributed by atoms with Crippen LogP contribution in [0.5, 0.6) is 0 Å². The minimum absolute atomic E-state index is 0.408. The summed E-state index contributed by atoms with van der Waals surface area (Å²) in [4.78, 5) is 2.76. The van der Waals surface area contributed by atoms with Gasteiger partial charge in [0, 0.05) is 4.91 Å². The van der Waals surface area contributed by atoms with Crippen molar-refractivity contribution in [1.29, 1.82) is 0 Å². The fraction of sp³-hybridized carbons (Fsp3) is 0.200. The van der Waals surface area contributed by atoms with Gasteiger partial charge in [0.1, 0.15) is 0 Å². The van der Waals surface area contributed by atoms with E-state index in [1.54, 1.807) is 0 Å². The molecule has 0 aliphatic rings. The molecule has 0 unspecified atom stereocenters. The van der Waals surface area contributed by atoms with Crippen LogP contribution in [0.15, 0.2) is 53.6 Å². The Bertz CT molecular complexity index is 549. The third-order valence-corrected chi connectivity index (χ3v) is 2.97. The first-order valence-electron chi connectivity index (χ1n) is 6.02. The second-order valence-electron chi connectivity index (χ2n) is 4.14. The van der Waals surface area contributed by atoms with Crippen LogP contribution in [0.2, 0.25) is 0 Å². The number of rotatable bonds is 4. The normalized spacial score (nSPS) is 9.83. The van der Waals surface area contributed by atoms with Crippen molar-refractivity contribution in [2.24, 2.45) is 5.11 Å². The molecule has 0 saturated carbocycles. The first-order chi connectivity index (χ1) is 8.83. The SMILES string of the molecule is CCc1ccc(-c2ccc(CN=[N+]=[N-])cc2)cc1. The van der Waals surface area contributed by atoms with Crippen LogP contribution in [0.25, 0.3) is 21.6 Å². The highest BCUT2D eigenvalue weighted by Crippen LogP contribution is 2.20. The molecule has 0 spiro atoms. The van der Waals surface area contributed by atoms with Crippen LogP contribution in [0.1, 0.15) is 18.1 Å². The van der Waals surface area contributed by atoms with Gasteiger partial charge in [0.25, 0.3) is 0 Å². The fourth-order valence-electron chi connectivity index (χ4n) is 1.85. The van der Waals surface area contributed by atoms with Crippen molar-refractivity contribution in [2.45, 2.75) is 19.9 Å². The average molecular weight is 237 g/mol. The number of nitrogens with zero attached hydrogens (tertiary/aromatic N) is 3. The van der Waals surface area contributed by atoms with Gasteiger partial charge in [-0.05, 0) is 34.2 Å². The zero-order valence-corrected chi connectivity index (χ0v) is 10.4. The molecule has 0 atom stereocenters. The molecule has 0 N–H and O–H groups in total. The van der Waals surface area contributed by atoms with Crippen LogP contribution in [0, 0.1) is 0 Å². The molecule has 0 fully saturated rings. The first kappa shape index (κ1) is 12.2. The van der Waals surface area contributed by atoms with Gasteiger partial charge >= 0.3 is 0 Å².